The molecule has 2 rings (SSSR count). The Morgan fingerprint density at radius 2 is 2.33 bits per heavy atom. The molecule has 4 nitrogen and oxygen atoms in total. The molecule has 0 aromatic heterocycles. The first-order valence-electron chi connectivity index (χ1n) is 4.88. The molecule has 0 amide bonds. The maximum atomic E-state index is 10.4. The maximum absolute atomic E-state index is 10.4. The number of carboxylic acids is 1. The normalized spacial score (nSPS) is 18.6. The molecule has 0 aliphatic heterocycles. The lowest BCUT2D eigenvalue weighted by molar-refractivity contribution is -0.139. The Balaban J connectivity index is 2.19. The number of fused-ring (bicyclic) bond motifs is 1. The van der Waals surface area contributed by atoms with E-state index in [9.17, 15) is 4.79 Å². The SMILES string of the molecule is NC1Cc2cccc(OCC(=O)O)c2C1. The Hall–Kier alpha value is -1.55. The van der Waals surface area contributed by atoms with Crippen LogP contribution >= 0.6 is 0 Å². The van der Waals surface area contributed by atoms with Gasteiger partial charge in [-0.05, 0) is 30.0 Å². The van der Waals surface area contributed by atoms with Gasteiger partial charge in [-0.15, -0.1) is 0 Å². The zero-order valence-corrected chi connectivity index (χ0v) is 8.27. The molecular weight excluding hydrogens is 194 g/mol. The van der Waals surface area contributed by atoms with Crippen LogP contribution < -0.4 is 10.5 Å². The Bertz CT molecular complexity index is 389. The summed E-state index contributed by atoms with van der Waals surface area (Å²) in [6, 6.07) is 5.80. The van der Waals surface area contributed by atoms with Crippen LogP contribution in [0.1, 0.15) is 11.1 Å². The highest BCUT2D eigenvalue weighted by Crippen LogP contribution is 2.29. The van der Waals surface area contributed by atoms with Crippen LogP contribution in [-0.2, 0) is 17.6 Å². The average molecular weight is 207 g/mol. The van der Waals surface area contributed by atoms with Gasteiger partial charge in [-0.2, -0.15) is 0 Å². The topological polar surface area (TPSA) is 72.5 Å². The summed E-state index contributed by atoms with van der Waals surface area (Å²) in [4.78, 5) is 10.4. The zero-order chi connectivity index (χ0) is 10.8. The lowest BCUT2D eigenvalue weighted by atomic mass is 10.1. The average Bonchev–Trinajstić information content (AvgIpc) is 2.55. The second-order valence-electron chi connectivity index (χ2n) is 3.74. The second-order valence-corrected chi connectivity index (χ2v) is 3.74. The molecule has 1 aromatic rings. The number of nitrogens with two attached hydrogens (primary N) is 1. The van der Waals surface area contributed by atoms with E-state index >= 15 is 0 Å². The van der Waals surface area contributed by atoms with Crippen molar-refractivity contribution in [2.75, 3.05) is 6.61 Å². The number of carboxylic acid groups (broad SMARTS) is 1. The summed E-state index contributed by atoms with van der Waals surface area (Å²) in [6.45, 7) is -0.300. The molecule has 0 radical (unpaired) electrons. The van der Waals surface area contributed by atoms with Crippen molar-refractivity contribution in [1.82, 2.24) is 0 Å². The van der Waals surface area contributed by atoms with Crippen LogP contribution in [0.2, 0.25) is 0 Å². The number of aliphatic carboxylic acids is 1. The van der Waals surface area contributed by atoms with Gasteiger partial charge in [0, 0.05) is 6.04 Å². The fourth-order valence-corrected chi connectivity index (χ4v) is 1.93. The van der Waals surface area contributed by atoms with Crippen LogP contribution in [0.3, 0.4) is 0 Å². The Kier molecular flexibility index (Phi) is 2.60. The van der Waals surface area contributed by atoms with Crippen LogP contribution in [0.4, 0.5) is 0 Å². The van der Waals surface area contributed by atoms with Crippen molar-refractivity contribution in [3.05, 3.63) is 29.3 Å². The van der Waals surface area contributed by atoms with E-state index in [2.05, 4.69) is 0 Å². The van der Waals surface area contributed by atoms with Crippen LogP contribution in [0, 0.1) is 0 Å². The first kappa shape index (κ1) is 9.98. The summed E-state index contributed by atoms with van der Waals surface area (Å²) in [5.41, 5.74) is 8.07. The van der Waals surface area contributed by atoms with Gasteiger partial charge in [0.25, 0.3) is 0 Å². The van der Waals surface area contributed by atoms with Gasteiger partial charge in [-0.25, -0.2) is 4.79 Å². The summed E-state index contributed by atoms with van der Waals surface area (Å²) in [6.07, 6.45) is 1.62. The number of rotatable bonds is 3. The van der Waals surface area contributed by atoms with Crippen molar-refractivity contribution < 1.29 is 14.6 Å². The molecule has 80 valence electrons. The number of benzene rings is 1. The molecule has 4 heteroatoms. The van der Waals surface area contributed by atoms with Gasteiger partial charge in [0.1, 0.15) is 5.75 Å². The third kappa shape index (κ3) is 2.10. The van der Waals surface area contributed by atoms with Crippen LogP contribution in [0.5, 0.6) is 5.75 Å². The van der Waals surface area contributed by atoms with E-state index in [0.717, 1.165) is 18.4 Å². The minimum absolute atomic E-state index is 0.134. The van der Waals surface area contributed by atoms with E-state index in [1.165, 1.54) is 5.56 Å². The minimum atomic E-state index is -0.963. The predicted molar refractivity (Wildman–Crippen MR) is 55.0 cm³/mol. The highest BCUT2D eigenvalue weighted by molar-refractivity contribution is 5.68. The molecule has 3 N–H and O–H groups in total. The number of hydrogen-bond acceptors (Lipinski definition) is 3. The third-order valence-electron chi connectivity index (χ3n) is 2.53. The first-order valence-corrected chi connectivity index (χ1v) is 4.88. The molecule has 1 atom stereocenters. The molecule has 1 aromatic carbocycles. The molecule has 15 heavy (non-hydrogen) atoms. The smallest absolute Gasteiger partial charge is 0.341 e. The molecule has 1 aliphatic rings. The minimum Gasteiger partial charge on any atom is -0.482 e. The lowest BCUT2D eigenvalue weighted by Crippen LogP contribution is -2.19. The summed E-state index contributed by atoms with van der Waals surface area (Å²) in [7, 11) is 0. The van der Waals surface area contributed by atoms with E-state index in [1.54, 1.807) is 6.07 Å². The van der Waals surface area contributed by atoms with Crippen molar-refractivity contribution in [1.29, 1.82) is 0 Å². The van der Waals surface area contributed by atoms with E-state index in [4.69, 9.17) is 15.6 Å². The van der Waals surface area contributed by atoms with Crippen LogP contribution in [0.15, 0.2) is 18.2 Å². The molecule has 0 bridgehead atoms. The molecule has 0 saturated carbocycles. The van der Waals surface area contributed by atoms with Gasteiger partial charge in [0.05, 0.1) is 0 Å². The number of ether oxygens (including phenoxy) is 1. The molecule has 0 heterocycles. The van der Waals surface area contributed by atoms with Crippen molar-refractivity contribution in [2.24, 2.45) is 5.73 Å². The summed E-state index contributed by atoms with van der Waals surface area (Å²) >= 11 is 0. The lowest BCUT2D eigenvalue weighted by Gasteiger charge is -2.08. The van der Waals surface area contributed by atoms with E-state index in [1.807, 2.05) is 12.1 Å². The number of carbonyl (C=O) groups is 1. The molecule has 0 fully saturated rings. The predicted octanol–water partition coefficient (Wildman–Crippen LogP) is 0.576. The molecule has 0 saturated heterocycles. The molecular formula is C11H13NO3. The van der Waals surface area contributed by atoms with Gasteiger partial charge in [-0.3, -0.25) is 0 Å². The van der Waals surface area contributed by atoms with E-state index in [-0.39, 0.29) is 12.6 Å². The molecule has 0 spiro atoms. The van der Waals surface area contributed by atoms with Crippen molar-refractivity contribution in [3.8, 4) is 5.75 Å². The van der Waals surface area contributed by atoms with Crippen molar-refractivity contribution in [2.45, 2.75) is 18.9 Å². The zero-order valence-electron chi connectivity index (χ0n) is 8.27. The largest absolute Gasteiger partial charge is 0.482 e. The van der Waals surface area contributed by atoms with Crippen molar-refractivity contribution in [3.63, 3.8) is 0 Å². The fourth-order valence-electron chi connectivity index (χ4n) is 1.93. The Labute approximate surface area is 87.7 Å². The number of hydrogen-bond donors (Lipinski definition) is 2. The van der Waals surface area contributed by atoms with Gasteiger partial charge in [0.2, 0.25) is 0 Å². The standard InChI is InChI=1S/C11H13NO3/c12-8-4-7-2-1-3-10(9(7)5-8)15-6-11(13)14/h1-3,8H,4-6,12H2,(H,13,14). The maximum Gasteiger partial charge on any atom is 0.341 e. The Morgan fingerprint density at radius 1 is 1.53 bits per heavy atom. The van der Waals surface area contributed by atoms with Gasteiger partial charge in [-0.1, -0.05) is 12.1 Å². The second kappa shape index (κ2) is 3.90. The Morgan fingerprint density at radius 3 is 3.07 bits per heavy atom. The monoisotopic (exact) mass is 207 g/mol. The van der Waals surface area contributed by atoms with Crippen molar-refractivity contribution >= 4 is 5.97 Å². The fraction of sp³-hybridized carbons (Fsp3) is 0.364. The van der Waals surface area contributed by atoms with Gasteiger partial charge >= 0.3 is 5.97 Å². The summed E-state index contributed by atoms with van der Waals surface area (Å²) in [5.74, 6) is -0.308. The third-order valence-corrected chi connectivity index (χ3v) is 2.53. The quantitative estimate of drug-likeness (QED) is 0.760. The summed E-state index contributed by atoms with van der Waals surface area (Å²) in [5, 5.41) is 8.53. The van der Waals surface area contributed by atoms with Crippen LogP contribution in [0.25, 0.3) is 0 Å². The molecule has 1 unspecified atom stereocenters. The van der Waals surface area contributed by atoms with E-state index in [0.29, 0.717) is 5.75 Å². The van der Waals surface area contributed by atoms with Gasteiger partial charge < -0.3 is 15.6 Å². The molecule has 1 aliphatic carbocycles. The highest BCUT2D eigenvalue weighted by atomic mass is 16.5. The van der Waals surface area contributed by atoms with Gasteiger partial charge in [0.15, 0.2) is 6.61 Å². The van der Waals surface area contributed by atoms with E-state index < -0.39 is 5.97 Å². The summed E-state index contributed by atoms with van der Waals surface area (Å²) < 4.78 is 5.20. The van der Waals surface area contributed by atoms with Crippen LogP contribution in [-0.4, -0.2) is 23.7 Å². The highest BCUT2D eigenvalue weighted by Gasteiger charge is 2.21. The first-order chi connectivity index (χ1) is 7.16.